The van der Waals surface area contributed by atoms with Crippen LogP contribution in [-0.2, 0) is 10.0 Å². The first-order chi connectivity index (χ1) is 13.8. The van der Waals surface area contributed by atoms with Crippen LogP contribution in [0, 0.1) is 0 Å². The molecule has 7 nitrogen and oxygen atoms in total. The van der Waals surface area contributed by atoms with Crippen LogP contribution >= 0.6 is 0 Å². The molecule has 1 aliphatic rings. The Morgan fingerprint density at radius 3 is 2.52 bits per heavy atom. The summed E-state index contributed by atoms with van der Waals surface area (Å²) in [6.45, 7) is 0.742. The zero-order valence-electron chi connectivity index (χ0n) is 16.0. The van der Waals surface area contributed by atoms with E-state index >= 15 is 0 Å². The van der Waals surface area contributed by atoms with Crippen molar-refractivity contribution >= 4 is 38.1 Å². The highest BCUT2D eigenvalue weighted by Gasteiger charge is 2.22. The molecule has 0 spiro atoms. The third kappa shape index (κ3) is 3.52. The van der Waals surface area contributed by atoms with Crippen LogP contribution in [0.3, 0.4) is 0 Å². The molecular weight excluding hydrogens is 388 g/mol. The van der Waals surface area contributed by atoms with Gasteiger partial charge >= 0.3 is 0 Å². The summed E-state index contributed by atoms with van der Waals surface area (Å²) in [6, 6.07) is 13.1. The van der Waals surface area contributed by atoms with Crippen LogP contribution in [0.15, 0.2) is 48.5 Å². The molecule has 5 N–H and O–H groups in total. The number of sulfonamides is 1. The molecule has 0 bridgehead atoms. The number of nitrogens with two attached hydrogens (primary N) is 2. The number of primary amides is 1. The Labute approximate surface area is 169 Å². The van der Waals surface area contributed by atoms with Gasteiger partial charge in [0.1, 0.15) is 0 Å². The summed E-state index contributed by atoms with van der Waals surface area (Å²) < 4.78 is 24.9. The lowest BCUT2D eigenvalue weighted by atomic mass is 9.97. The number of hydrogen-bond donors (Lipinski definition) is 3. The fraction of sp³-hybridized carbons (Fsp3) is 0.190. The first-order valence-corrected chi connectivity index (χ1v) is 11.1. The van der Waals surface area contributed by atoms with Gasteiger partial charge in [-0.1, -0.05) is 30.3 Å². The number of para-hydroxylation sites is 1. The summed E-state index contributed by atoms with van der Waals surface area (Å²) in [4.78, 5) is 15.3. The number of carbonyl (C=O) groups excluding carboxylic acids is 1. The van der Waals surface area contributed by atoms with Crippen LogP contribution in [0.4, 0.5) is 5.69 Å². The number of nitrogen functional groups attached to an aromatic ring is 1. The van der Waals surface area contributed by atoms with E-state index in [9.17, 15) is 13.2 Å². The van der Waals surface area contributed by atoms with E-state index in [1.54, 1.807) is 6.07 Å². The molecule has 0 saturated carbocycles. The number of aromatic amines is 1. The van der Waals surface area contributed by atoms with Crippen LogP contribution in [-0.4, -0.2) is 43.0 Å². The molecule has 0 saturated heterocycles. The molecule has 1 aliphatic heterocycles. The van der Waals surface area contributed by atoms with Crippen molar-refractivity contribution in [1.29, 1.82) is 0 Å². The van der Waals surface area contributed by atoms with E-state index < -0.39 is 15.9 Å². The third-order valence-electron chi connectivity index (χ3n) is 5.30. The average Bonchev–Trinajstić information content (AvgIpc) is 3.12. The van der Waals surface area contributed by atoms with Crippen molar-refractivity contribution in [2.75, 3.05) is 25.1 Å². The maximum absolute atomic E-state index is 12.0. The van der Waals surface area contributed by atoms with Crippen molar-refractivity contribution in [2.24, 2.45) is 5.73 Å². The van der Waals surface area contributed by atoms with Crippen molar-refractivity contribution in [3.63, 3.8) is 0 Å². The SMILES string of the molecule is CS(=O)(=O)N1CC=C(c2cc3c(-c4ccccc4N)ccc(C(N)=O)c3[nH]2)CC1. The molecular formula is C21H22N4O3S. The van der Waals surface area contributed by atoms with E-state index in [1.165, 1.54) is 10.6 Å². The molecule has 0 atom stereocenters. The summed E-state index contributed by atoms with van der Waals surface area (Å²) in [5.41, 5.74) is 17.1. The van der Waals surface area contributed by atoms with E-state index in [2.05, 4.69) is 4.98 Å². The number of anilines is 1. The Balaban J connectivity index is 1.85. The summed E-state index contributed by atoms with van der Waals surface area (Å²) >= 11 is 0. The molecule has 0 fully saturated rings. The normalized spacial score (nSPS) is 15.4. The Hall–Kier alpha value is -3.10. The van der Waals surface area contributed by atoms with Gasteiger partial charge in [0, 0.05) is 35.4 Å². The monoisotopic (exact) mass is 410 g/mol. The molecule has 2 aromatic carbocycles. The van der Waals surface area contributed by atoms with E-state index in [0.29, 0.717) is 36.3 Å². The van der Waals surface area contributed by atoms with Crippen LogP contribution in [0.5, 0.6) is 0 Å². The molecule has 0 radical (unpaired) electrons. The van der Waals surface area contributed by atoms with Gasteiger partial charge in [-0.2, -0.15) is 4.31 Å². The van der Waals surface area contributed by atoms with Crippen molar-refractivity contribution in [3.05, 3.63) is 59.8 Å². The van der Waals surface area contributed by atoms with Crippen LogP contribution in [0.2, 0.25) is 0 Å². The van der Waals surface area contributed by atoms with Gasteiger partial charge in [-0.15, -0.1) is 0 Å². The van der Waals surface area contributed by atoms with E-state index in [0.717, 1.165) is 27.8 Å². The second kappa shape index (κ2) is 7.06. The van der Waals surface area contributed by atoms with Crippen molar-refractivity contribution in [2.45, 2.75) is 6.42 Å². The Bertz CT molecular complexity index is 1260. The minimum atomic E-state index is -3.22. The highest BCUT2D eigenvalue weighted by atomic mass is 32.2. The van der Waals surface area contributed by atoms with Gasteiger partial charge < -0.3 is 16.5 Å². The largest absolute Gasteiger partial charge is 0.398 e. The number of fused-ring (bicyclic) bond motifs is 1. The highest BCUT2D eigenvalue weighted by molar-refractivity contribution is 7.88. The molecule has 1 amide bonds. The second-order valence-corrected chi connectivity index (χ2v) is 9.17. The van der Waals surface area contributed by atoms with Crippen molar-refractivity contribution < 1.29 is 13.2 Å². The number of nitrogens with zero attached hydrogens (tertiary/aromatic N) is 1. The zero-order chi connectivity index (χ0) is 20.8. The predicted octanol–water partition coefficient (Wildman–Crippen LogP) is 2.56. The molecule has 150 valence electrons. The highest BCUT2D eigenvalue weighted by Crippen LogP contribution is 2.36. The first kappa shape index (κ1) is 19.2. The fourth-order valence-electron chi connectivity index (χ4n) is 3.77. The Morgan fingerprint density at radius 1 is 1.14 bits per heavy atom. The fourth-order valence-corrected chi connectivity index (χ4v) is 4.54. The van der Waals surface area contributed by atoms with Crippen LogP contribution < -0.4 is 11.5 Å². The van der Waals surface area contributed by atoms with Gasteiger partial charge in [0.15, 0.2) is 0 Å². The number of amides is 1. The summed E-state index contributed by atoms with van der Waals surface area (Å²) in [6.07, 6.45) is 3.69. The lowest BCUT2D eigenvalue weighted by molar-refractivity contribution is 0.100. The maximum atomic E-state index is 12.0. The average molecular weight is 410 g/mol. The topological polar surface area (TPSA) is 122 Å². The number of carbonyl (C=O) groups is 1. The molecule has 8 heteroatoms. The second-order valence-electron chi connectivity index (χ2n) is 7.18. The molecule has 0 unspecified atom stereocenters. The van der Waals surface area contributed by atoms with Crippen molar-refractivity contribution in [3.8, 4) is 11.1 Å². The van der Waals surface area contributed by atoms with E-state index in [4.69, 9.17) is 11.5 Å². The molecule has 2 heterocycles. The smallest absolute Gasteiger partial charge is 0.250 e. The molecule has 4 rings (SSSR count). The number of hydrogen-bond acceptors (Lipinski definition) is 4. The van der Waals surface area contributed by atoms with Gasteiger partial charge in [0.2, 0.25) is 10.0 Å². The number of aromatic nitrogens is 1. The maximum Gasteiger partial charge on any atom is 0.250 e. The summed E-state index contributed by atoms with van der Waals surface area (Å²) in [5, 5.41) is 0.848. The lowest BCUT2D eigenvalue weighted by Crippen LogP contribution is -2.33. The lowest BCUT2D eigenvalue weighted by Gasteiger charge is -2.23. The van der Waals surface area contributed by atoms with Gasteiger partial charge in [-0.25, -0.2) is 8.42 Å². The van der Waals surface area contributed by atoms with E-state index in [-0.39, 0.29) is 0 Å². The van der Waals surface area contributed by atoms with Gasteiger partial charge in [-0.3, -0.25) is 4.79 Å². The predicted molar refractivity (Wildman–Crippen MR) is 116 cm³/mol. The van der Waals surface area contributed by atoms with Gasteiger partial charge in [0.25, 0.3) is 5.91 Å². The first-order valence-electron chi connectivity index (χ1n) is 9.20. The van der Waals surface area contributed by atoms with Gasteiger partial charge in [-0.05, 0) is 35.8 Å². The third-order valence-corrected chi connectivity index (χ3v) is 6.57. The van der Waals surface area contributed by atoms with Crippen LogP contribution in [0.1, 0.15) is 22.5 Å². The molecule has 3 aromatic rings. The Kier molecular flexibility index (Phi) is 4.68. The number of benzene rings is 2. The molecule has 0 aliphatic carbocycles. The molecule has 1 aromatic heterocycles. The number of H-pyrrole nitrogens is 1. The zero-order valence-corrected chi connectivity index (χ0v) is 16.8. The quantitative estimate of drug-likeness (QED) is 0.572. The van der Waals surface area contributed by atoms with E-state index in [1.807, 2.05) is 42.5 Å². The minimum absolute atomic E-state index is 0.324. The van der Waals surface area contributed by atoms with Crippen molar-refractivity contribution in [1.82, 2.24) is 9.29 Å². The summed E-state index contributed by atoms with van der Waals surface area (Å²) in [7, 11) is -3.22. The standard InChI is InChI=1S/C21H22N4O3S/c1-29(27,28)25-10-8-13(9-11-25)19-12-17-14(15-4-2-3-5-18(15)22)6-7-16(21(23)26)20(17)24-19/h2-8,12,24H,9-11,22H2,1H3,(H2,23,26). The Morgan fingerprint density at radius 2 is 1.90 bits per heavy atom. The minimum Gasteiger partial charge on any atom is -0.398 e. The molecule has 29 heavy (non-hydrogen) atoms. The number of rotatable bonds is 4. The summed E-state index contributed by atoms with van der Waals surface area (Å²) in [5.74, 6) is -0.517. The number of nitrogens with one attached hydrogen (secondary N) is 1. The van der Waals surface area contributed by atoms with Gasteiger partial charge in [0.05, 0.1) is 17.3 Å². The van der Waals surface area contributed by atoms with Crippen LogP contribution in [0.25, 0.3) is 27.6 Å².